The molecule has 5 heteroatoms. The fourth-order valence-electron chi connectivity index (χ4n) is 2.58. The zero-order valence-electron chi connectivity index (χ0n) is 12.9. The highest BCUT2D eigenvalue weighted by molar-refractivity contribution is 5.90. The number of rotatable bonds is 2. The van der Waals surface area contributed by atoms with Crippen LogP contribution in [-0.2, 0) is 0 Å². The molecular formula is C18H16N4O. The maximum absolute atomic E-state index is 9.53. The smallest absolute Gasteiger partial charge is 0.179 e. The van der Waals surface area contributed by atoms with Crippen LogP contribution in [0.1, 0.15) is 5.56 Å². The highest BCUT2D eigenvalue weighted by Crippen LogP contribution is 2.27. The molecule has 0 fully saturated rings. The summed E-state index contributed by atoms with van der Waals surface area (Å²) in [4.78, 5) is 2.05. The fourth-order valence-corrected chi connectivity index (χ4v) is 2.58. The molecule has 2 N–H and O–H groups in total. The van der Waals surface area contributed by atoms with Crippen LogP contribution in [0.4, 0.5) is 5.69 Å². The first kappa shape index (κ1) is 14.7. The molecular weight excluding hydrogens is 288 g/mol. The van der Waals surface area contributed by atoms with Crippen LogP contribution in [0.25, 0.3) is 21.9 Å². The first-order chi connectivity index (χ1) is 11.0. The van der Waals surface area contributed by atoms with E-state index in [1.54, 1.807) is 6.07 Å². The maximum Gasteiger partial charge on any atom is 0.179 e. The highest BCUT2D eigenvalue weighted by Gasteiger charge is 2.10. The molecule has 23 heavy (non-hydrogen) atoms. The van der Waals surface area contributed by atoms with Crippen LogP contribution in [-0.4, -0.2) is 24.0 Å². The Morgan fingerprint density at radius 2 is 1.78 bits per heavy atom. The van der Waals surface area contributed by atoms with Gasteiger partial charge in [0.15, 0.2) is 5.49 Å². The second kappa shape index (κ2) is 5.50. The Labute approximate surface area is 133 Å². The molecule has 5 nitrogen and oxygen atoms in total. The Hall–Kier alpha value is -3.26. The van der Waals surface area contributed by atoms with Gasteiger partial charge in [-0.3, -0.25) is 5.41 Å². The van der Waals surface area contributed by atoms with Gasteiger partial charge in [0.25, 0.3) is 0 Å². The summed E-state index contributed by atoms with van der Waals surface area (Å²) >= 11 is 0. The van der Waals surface area contributed by atoms with Crippen LogP contribution < -0.4 is 10.4 Å². The number of hydrogen-bond donors (Lipinski definition) is 2. The lowest BCUT2D eigenvalue weighted by molar-refractivity contribution is 0.170. The summed E-state index contributed by atoms with van der Waals surface area (Å²) in [5.41, 5.74) is 2.55. The Morgan fingerprint density at radius 3 is 2.48 bits per heavy atom. The Bertz CT molecular complexity index is 996. The van der Waals surface area contributed by atoms with E-state index >= 15 is 0 Å². The minimum absolute atomic E-state index is 0.152. The average Bonchev–Trinajstić information content (AvgIpc) is 2.56. The standard InChI is InChI=1S/C18H16N4O/c1-21(2)15-6-5-12-9-14(4-3-13(12)10-15)16-7-8-22(23)18(20)17(16)11-19/h3-10,20,23H,1-2H3. The third-order valence-corrected chi connectivity index (χ3v) is 3.88. The number of nitrogens with zero attached hydrogens (tertiary/aromatic N) is 3. The van der Waals surface area contributed by atoms with Gasteiger partial charge in [-0.15, -0.1) is 0 Å². The number of aromatic nitrogens is 1. The summed E-state index contributed by atoms with van der Waals surface area (Å²) in [5.74, 6) is 0. The van der Waals surface area contributed by atoms with Crippen LogP contribution in [0.15, 0.2) is 48.7 Å². The monoisotopic (exact) mass is 304 g/mol. The van der Waals surface area contributed by atoms with Crippen LogP contribution in [0.5, 0.6) is 0 Å². The van der Waals surface area contributed by atoms with Crippen molar-refractivity contribution in [3.8, 4) is 17.2 Å². The quantitative estimate of drug-likeness (QED) is 0.715. The third kappa shape index (κ3) is 2.51. The normalized spacial score (nSPS) is 10.5. The minimum atomic E-state index is -0.215. The zero-order valence-corrected chi connectivity index (χ0v) is 12.9. The molecule has 0 aliphatic heterocycles. The molecule has 0 amide bonds. The van der Waals surface area contributed by atoms with Gasteiger partial charge in [0.2, 0.25) is 0 Å². The average molecular weight is 304 g/mol. The van der Waals surface area contributed by atoms with E-state index in [-0.39, 0.29) is 11.1 Å². The van der Waals surface area contributed by atoms with Gasteiger partial charge in [0, 0.05) is 31.5 Å². The summed E-state index contributed by atoms with van der Waals surface area (Å²) in [6.45, 7) is 0. The van der Waals surface area contributed by atoms with E-state index in [9.17, 15) is 10.5 Å². The van der Waals surface area contributed by atoms with E-state index in [0.717, 1.165) is 22.0 Å². The number of nitriles is 1. The van der Waals surface area contributed by atoms with E-state index < -0.39 is 0 Å². The number of fused-ring (bicyclic) bond motifs is 1. The molecule has 1 heterocycles. The van der Waals surface area contributed by atoms with Crippen molar-refractivity contribution < 1.29 is 5.21 Å². The molecule has 0 bridgehead atoms. The van der Waals surface area contributed by atoms with Gasteiger partial charge >= 0.3 is 0 Å². The van der Waals surface area contributed by atoms with E-state index in [0.29, 0.717) is 10.3 Å². The Kier molecular flexibility index (Phi) is 3.51. The van der Waals surface area contributed by atoms with Gasteiger partial charge < -0.3 is 10.1 Å². The lowest BCUT2D eigenvalue weighted by atomic mass is 9.98. The van der Waals surface area contributed by atoms with E-state index in [1.807, 2.05) is 55.4 Å². The lowest BCUT2D eigenvalue weighted by Gasteiger charge is -2.13. The van der Waals surface area contributed by atoms with Crippen molar-refractivity contribution in [2.45, 2.75) is 0 Å². The van der Waals surface area contributed by atoms with Crippen molar-refractivity contribution in [2.24, 2.45) is 0 Å². The summed E-state index contributed by atoms with van der Waals surface area (Å²) in [6.07, 6.45) is 1.37. The summed E-state index contributed by atoms with van der Waals surface area (Å²) in [6, 6.07) is 15.8. The fraction of sp³-hybridized carbons (Fsp3) is 0.111. The number of pyridine rings is 1. The van der Waals surface area contributed by atoms with Crippen molar-refractivity contribution in [1.29, 1.82) is 10.7 Å². The van der Waals surface area contributed by atoms with Crippen molar-refractivity contribution >= 4 is 16.5 Å². The number of hydrogen-bond acceptors (Lipinski definition) is 4. The summed E-state index contributed by atoms with van der Waals surface area (Å²) in [7, 11) is 4.00. The van der Waals surface area contributed by atoms with Crippen LogP contribution in [0.3, 0.4) is 0 Å². The molecule has 0 aliphatic carbocycles. The van der Waals surface area contributed by atoms with Gasteiger partial charge in [-0.05, 0) is 40.6 Å². The van der Waals surface area contributed by atoms with Crippen molar-refractivity contribution in [3.63, 3.8) is 0 Å². The summed E-state index contributed by atoms with van der Waals surface area (Å²) in [5, 5.41) is 28.8. The molecule has 0 atom stereocenters. The summed E-state index contributed by atoms with van der Waals surface area (Å²) < 4.78 is 0.645. The van der Waals surface area contributed by atoms with E-state index in [2.05, 4.69) is 6.07 Å². The predicted octanol–water partition coefficient (Wildman–Crippen LogP) is 2.96. The molecule has 3 aromatic rings. The van der Waals surface area contributed by atoms with Crippen molar-refractivity contribution in [3.05, 3.63) is 59.7 Å². The maximum atomic E-state index is 9.53. The SMILES string of the molecule is CN(C)c1ccc2cc(-c3ccn(O)c(=N)c3C#N)ccc2c1. The molecule has 3 rings (SSSR count). The third-order valence-electron chi connectivity index (χ3n) is 3.88. The molecule has 2 aromatic carbocycles. The van der Waals surface area contributed by atoms with Crippen LogP contribution >= 0.6 is 0 Å². The molecule has 0 spiro atoms. The van der Waals surface area contributed by atoms with Gasteiger partial charge in [-0.2, -0.15) is 9.99 Å². The van der Waals surface area contributed by atoms with Crippen LogP contribution in [0.2, 0.25) is 0 Å². The number of anilines is 1. The van der Waals surface area contributed by atoms with Gasteiger partial charge in [0.05, 0.1) is 0 Å². The minimum Gasteiger partial charge on any atom is -0.427 e. The molecule has 0 saturated heterocycles. The molecule has 0 aliphatic rings. The van der Waals surface area contributed by atoms with Crippen molar-refractivity contribution in [1.82, 2.24) is 4.73 Å². The first-order valence-electron chi connectivity index (χ1n) is 7.12. The van der Waals surface area contributed by atoms with Gasteiger partial charge in [0.1, 0.15) is 11.6 Å². The van der Waals surface area contributed by atoms with E-state index in [1.165, 1.54) is 6.20 Å². The second-order valence-electron chi connectivity index (χ2n) is 5.55. The molecule has 1 aromatic heterocycles. The largest absolute Gasteiger partial charge is 0.427 e. The highest BCUT2D eigenvalue weighted by atomic mass is 16.5. The van der Waals surface area contributed by atoms with Crippen LogP contribution in [0, 0.1) is 16.7 Å². The van der Waals surface area contributed by atoms with Gasteiger partial charge in [-0.25, -0.2) is 0 Å². The predicted molar refractivity (Wildman–Crippen MR) is 89.5 cm³/mol. The first-order valence-corrected chi connectivity index (χ1v) is 7.12. The molecule has 0 unspecified atom stereocenters. The Morgan fingerprint density at radius 1 is 1.09 bits per heavy atom. The lowest BCUT2D eigenvalue weighted by Crippen LogP contribution is -2.20. The molecule has 114 valence electrons. The number of benzene rings is 2. The second-order valence-corrected chi connectivity index (χ2v) is 5.55. The number of nitrogens with one attached hydrogen (secondary N) is 1. The molecule has 0 radical (unpaired) electrons. The molecule has 0 saturated carbocycles. The van der Waals surface area contributed by atoms with Gasteiger partial charge in [-0.1, -0.05) is 18.2 Å². The van der Waals surface area contributed by atoms with E-state index in [4.69, 9.17) is 5.41 Å². The van der Waals surface area contributed by atoms with Crippen molar-refractivity contribution in [2.75, 3.05) is 19.0 Å². The zero-order chi connectivity index (χ0) is 16.6. The Balaban J connectivity index is 2.19. The topological polar surface area (TPSA) is 76.0 Å².